The molecular weight excluding hydrogens is 256 g/mol. The van der Waals surface area contributed by atoms with E-state index in [-0.39, 0.29) is 12.0 Å². The number of benzene rings is 2. The molecule has 90 valence electrons. The van der Waals surface area contributed by atoms with Gasteiger partial charge in [-0.15, -0.1) is 0 Å². The fourth-order valence-corrected chi connectivity index (χ4v) is 1.83. The van der Waals surface area contributed by atoms with Crippen molar-refractivity contribution < 1.29 is 8.78 Å². The number of hydrogen-bond acceptors (Lipinski definition) is 1. The van der Waals surface area contributed by atoms with Crippen LogP contribution in [0.25, 0.3) is 11.1 Å². The number of halogens is 3. The quantitative estimate of drug-likeness (QED) is 0.790. The Morgan fingerprint density at radius 3 is 2.50 bits per heavy atom. The largest absolute Gasteiger partial charge is 0.207 e. The van der Waals surface area contributed by atoms with E-state index in [0.29, 0.717) is 16.1 Å². The zero-order valence-corrected chi connectivity index (χ0v) is 10.0. The van der Waals surface area contributed by atoms with E-state index in [4.69, 9.17) is 16.9 Å². The summed E-state index contributed by atoms with van der Waals surface area (Å²) in [5.74, 6) is -0.986. The average molecular weight is 264 g/mol. The van der Waals surface area contributed by atoms with Crippen LogP contribution in [0.1, 0.15) is 5.56 Å². The zero-order chi connectivity index (χ0) is 13.1. The lowest BCUT2D eigenvalue weighted by molar-refractivity contribution is 0.614. The molecule has 0 aromatic heterocycles. The third-order valence-electron chi connectivity index (χ3n) is 2.56. The Kier molecular flexibility index (Phi) is 3.59. The predicted molar refractivity (Wildman–Crippen MR) is 66.1 cm³/mol. The van der Waals surface area contributed by atoms with E-state index >= 15 is 0 Å². The van der Waals surface area contributed by atoms with E-state index in [0.717, 1.165) is 0 Å². The smallest absolute Gasteiger partial charge is 0.131 e. The molecule has 0 radical (unpaired) electrons. The van der Waals surface area contributed by atoms with Crippen LogP contribution in [0.5, 0.6) is 0 Å². The van der Waals surface area contributed by atoms with Crippen LogP contribution in [0.15, 0.2) is 36.4 Å². The standard InChI is InChI=1S/C14H8ClF2N/c15-11-3-4-13(16)12(8-11)10-2-1-9(5-6-18)14(17)7-10/h1-4,7-8H,5H2. The summed E-state index contributed by atoms with van der Waals surface area (Å²) < 4.78 is 27.3. The van der Waals surface area contributed by atoms with Crippen molar-refractivity contribution in [2.24, 2.45) is 0 Å². The second-order valence-corrected chi connectivity index (χ2v) is 4.20. The second-order valence-electron chi connectivity index (χ2n) is 3.77. The van der Waals surface area contributed by atoms with Crippen LogP contribution in [0.4, 0.5) is 8.78 Å². The van der Waals surface area contributed by atoms with Crippen molar-refractivity contribution in [3.63, 3.8) is 0 Å². The minimum atomic E-state index is -0.520. The number of hydrogen-bond donors (Lipinski definition) is 0. The predicted octanol–water partition coefficient (Wildman–Crippen LogP) is 4.35. The highest BCUT2D eigenvalue weighted by molar-refractivity contribution is 6.30. The van der Waals surface area contributed by atoms with Gasteiger partial charge < -0.3 is 0 Å². The highest BCUT2D eigenvalue weighted by atomic mass is 35.5. The summed E-state index contributed by atoms with van der Waals surface area (Å²) in [6.07, 6.45) is -0.00978. The Bertz CT molecular complexity index is 632. The van der Waals surface area contributed by atoms with Crippen molar-refractivity contribution in [2.75, 3.05) is 0 Å². The van der Waals surface area contributed by atoms with Gasteiger partial charge in [0.15, 0.2) is 0 Å². The number of nitrogens with zero attached hydrogens (tertiary/aromatic N) is 1. The third kappa shape index (κ3) is 2.49. The van der Waals surface area contributed by atoms with Crippen molar-refractivity contribution in [3.8, 4) is 17.2 Å². The maximum atomic E-state index is 13.6. The van der Waals surface area contributed by atoms with Gasteiger partial charge in [-0.3, -0.25) is 0 Å². The van der Waals surface area contributed by atoms with Crippen LogP contribution >= 0.6 is 11.6 Å². The molecule has 0 aliphatic heterocycles. The number of nitriles is 1. The molecule has 4 heteroatoms. The van der Waals surface area contributed by atoms with Crippen LogP contribution in [0, 0.1) is 23.0 Å². The lowest BCUT2D eigenvalue weighted by atomic mass is 10.0. The highest BCUT2D eigenvalue weighted by Gasteiger charge is 2.09. The van der Waals surface area contributed by atoms with E-state index in [1.807, 2.05) is 6.07 Å². The molecule has 0 N–H and O–H groups in total. The van der Waals surface area contributed by atoms with E-state index in [1.165, 1.54) is 30.3 Å². The fraction of sp³-hybridized carbons (Fsp3) is 0.0714. The van der Waals surface area contributed by atoms with Gasteiger partial charge in [-0.2, -0.15) is 5.26 Å². The number of rotatable bonds is 2. The molecule has 0 aliphatic carbocycles. The third-order valence-corrected chi connectivity index (χ3v) is 2.80. The summed E-state index contributed by atoms with van der Waals surface area (Å²) in [5, 5.41) is 8.90. The van der Waals surface area contributed by atoms with Gasteiger partial charge in [-0.05, 0) is 29.8 Å². The van der Waals surface area contributed by atoms with Crippen LogP contribution in [0.2, 0.25) is 5.02 Å². The Morgan fingerprint density at radius 2 is 1.83 bits per heavy atom. The minimum Gasteiger partial charge on any atom is -0.207 e. The van der Waals surface area contributed by atoms with E-state index in [1.54, 1.807) is 6.07 Å². The van der Waals surface area contributed by atoms with Gasteiger partial charge in [0.25, 0.3) is 0 Å². The Balaban J connectivity index is 2.49. The van der Waals surface area contributed by atoms with Gasteiger partial charge >= 0.3 is 0 Å². The normalized spacial score (nSPS) is 10.1. The maximum absolute atomic E-state index is 13.6. The topological polar surface area (TPSA) is 23.8 Å². The van der Waals surface area contributed by atoms with Gasteiger partial charge in [0.2, 0.25) is 0 Å². The Morgan fingerprint density at radius 1 is 1.06 bits per heavy atom. The summed E-state index contributed by atoms with van der Waals surface area (Å²) in [5.41, 5.74) is 0.933. The first-order valence-corrected chi connectivity index (χ1v) is 5.60. The zero-order valence-electron chi connectivity index (χ0n) is 9.25. The summed E-state index contributed by atoms with van der Waals surface area (Å²) in [4.78, 5) is 0. The van der Waals surface area contributed by atoms with Gasteiger partial charge in [0.05, 0.1) is 12.5 Å². The van der Waals surface area contributed by atoms with Gasteiger partial charge in [0, 0.05) is 16.1 Å². The molecule has 0 amide bonds. The van der Waals surface area contributed by atoms with Crippen LogP contribution in [0.3, 0.4) is 0 Å². The molecule has 18 heavy (non-hydrogen) atoms. The molecule has 2 rings (SSSR count). The van der Waals surface area contributed by atoms with Crippen LogP contribution < -0.4 is 0 Å². The van der Waals surface area contributed by atoms with E-state index in [2.05, 4.69) is 0 Å². The molecular formula is C14H8ClF2N. The van der Waals surface area contributed by atoms with Gasteiger partial charge in [0.1, 0.15) is 11.6 Å². The molecule has 0 saturated heterocycles. The lowest BCUT2D eigenvalue weighted by Crippen LogP contribution is -1.91. The molecule has 0 spiro atoms. The Labute approximate surface area is 108 Å². The minimum absolute atomic E-state index is 0.00978. The van der Waals surface area contributed by atoms with Crippen molar-refractivity contribution >= 4 is 11.6 Å². The summed E-state index contributed by atoms with van der Waals surface area (Å²) in [7, 11) is 0. The molecule has 0 unspecified atom stereocenters. The van der Waals surface area contributed by atoms with Crippen LogP contribution in [-0.4, -0.2) is 0 Å². The first kappa shape index (κ1) is 12.5. The lowest BCUT2D eigenvalue weighted by Gasteiger charge is -2.06. The van der Waals surface area contributed by atoms with Crippen molar-refractivity contribution in [2.45, 2.75) is 6.42 Å². The first-order chi connectivity index (χ1) is 8.61. The molecule has 2 aromatic carbocycles. The molecule has 0 atom stereocenters. The van der Waals surface area contributed by atoms with Crippen molar-refractivity contribution in [3.05, 3.63) is 58.6 Å². The van der Waals surface area contributed by atoms with E-state index in [9.17, 15) is 8.78 Å². The molecule has 0 bridgehead atoms. The maximum Gasteiger partial charge on any atom is 0.131 e. The molecule has 0 fully saturated rings. The van der Waals surface area contributed by atoms with Gasteiger partial charge in [-0.25, -0.2) is 8.78 Å². The molecule has 0 heterocycles. The summed E-state index contributed by atoms with van der Waals surface area (Å²) in [6, 6.07) is 10.2. The molecule has 0 aliphatic rings. The van der Waals surface area contributed by atoms with Crippen molar-refractivity contribution in [1.29, 1.82) is 5.26 Å². The fourth-order valence-electron chi connectivity index (χ4n) is 1.66. The molecule has 0 saturated carbocycles. The summed E-state index contributed by atoms with van der Waals surface area (Å²) >= 11 is 5.78. The monoisotopic (exact) mass is 263 g/mol. The van der Waals surface area contributed by atoms with E-state index < -0.39 is 11.6 Å². The second kappa shape index (κ2) is 5.16. The van der Waals surface area contributed by atoms with Gasteiger partial charge in [-0.1, -0.05) is 23.7 Å². The highest BCUT2D eigenvalue weighted by Crippen LogP contribution is 2.27. The molecule has 1 nitrogen and oxygen atoms in total. The van der Waals surface area contributed by atoms with Crippen molar-refractivity contribution in [1.82, 2.24) is 0 Å². The summed E-state index contributed by atoms with van der Waals surface area (Å²) in [6.45, 7) is 0. The molecule has 2 aromatic rings. The first-order valence-electron chi connectivity index (χ1n) is 5.22. The Hall–Kier alpha value is -1.92. The van der Waals surface area contributed by atoms with Crippen LogP contribution in [-0.2, 0) is 6.42 Å². The average Bonchev–Trinajstić information content (AvgIpc) is 2.35. The SMILES string of the molecule is N#CCc1ccc(-c2cc(Cl)ccc2F)cc1F.